The molecule has 0 aliphatic carbocycles. The van der Waals surface area contributed by atoms with Crippen molar-refractivity contribution in [3.63, 3.8) is 0 Å². The number of aliphatic carboxylic acids is 1. The predicted octanol–water partition coefficient (Wildman–Crippen LogP) is 3.23. The lowest BCUT2D eigenvalue weighted by atomic mass is 9.91. The van der Waals surface area contributed by atoms with Crippen LogP contribution in [-0.4, -0.2) is 34.5 Å². The number of carbonyl (C=O) groups is 2. The Bertz CT molecular complexity index is 561. The third-order valence-electron chi connectivity index (χ3n) is 4.37. The molecule has 0 saturated carbocycles. The van der Waals surface area contributed by atoms with Crippen molar-refractivity contribution in [2.75, 3.05) is 6.54 Å². The molecule has 120 valence electrons. The van der Waals surface area contributed by atoms with E-state index in [-0.39, 0.29) is 17.9 Å². The zero-order chi connectivity index (χ0) is 16.3. The lowest BCUT2D eigenvalue weighted by molar-refractivity contribution is -0.148. The van der Waals surface area contributed by atoms with Gasteiger partial charge in [-0.05, 0) is 43.9 Å². The fourth-order valence-corrected chi connectivity index (χ4v) is 3.22. The quantitative estimate of drug-likeness (QED) is 0.925. The maximum absolute atomic E-state index is 12.7. The number of carboxylic acids is 1. The molecule has 1 aromatic rings. The number of amides is 1. The lowest BCUT2D eigenvalue weighted by Gasteiger charge is -2.38. The number of carbonyl (C=O) groups excluding carboxylic acids is 1. The van der Waals surface area contributed by atoms with Gasteiger partial charge in [-0.25, -0.2) is 0 Å². The minimum atomic E-state index is -0.813. The molecule has 0 radical (unpaired) electrons. The Kier molecular flexibility index (Phi) is 5.46. The van der Waals surface area contributed by atoms with Crippen LogP contribution >= 0.6 is 11.6 Å². The molecule has 0 bridgehead atoms. The maximum Gasteiger partial charge on any atom is 0.308 e. The number of nitrogens with zero attached hydrogens (tertiary/aromatic N) is 1. The number of rotatable bonds is 4. The maximum atomic E-state index is 12.7. The molecule has 4 nitrogen and oxygen atoms in total. The first-order chi connectivity index (χ1) is 10.4. The Labute approximate surface area is 136 Å². The van der Waals surface area contributed by atoms with Gasteiger partial charge in [0.05, 0.1) is 5.92 Å². The van der Waals surface area contributed by atoms with Gasteiger partial charge in [0.25, 0.3) is 0 Å². The monoisotopic (exact) mass is 323 g/mol. The van der Waals surface area contributed by atoms with Crippen molar-refractivity contribution >= 4 is 23.5 Å². The molecule has 1 aliphatic heterocycles. The van der Waals surface area contributed by atoms with E-state index in [1.54, 1.807) is 4.90 Å². The van der Waals surface area contributed by atoms with Gasteiger partial charge in [0.1, 0.15) is 0 Å². The minimum absolute atomic E-state index is 0.0263. The molecule has 1 saturated heterocycles. The van der Waals surface area contributed by atoms with E-state index in [2.05, 4.69) is 0 Å². The van der Waals surface area contributed by atoms with Crippen molar-refractivity contribution in [2.45, 2.75) is 39.2 Å². The van der Waals surface area contributed by atoms with Gasteiger partial charge in [-0.3, -0.25) is 9.59 Å². The molecular formula is C17H22ClNO3. The fourth-order valence-electron chi connectivity index (χ4n) is 3.00. The highest BCUT2D eigenvalue weighted by Gasteiger charge is 2.34. The predicted molar refractivity (Wildman–Crippen MR) is 85.9 cm³/mol. The topological polar surface area (TPSA) is 57.6 Å². The van der Waals surface area contributed by atoms with Crippen LogP contribution < -0.4 is 0 Å². The smallest absolute Gasteiger partial charge is 0.308 e. The van der Waals surface area contributed by atoms with Gasteiger partial charge in [0.15, 0.2) is 0 Å². The second-order valence-corrected chi connectivity index (χ2v) is 6.62. The molecule has 1 aliphatic rings. The highest BCUT2D eigenvalue weighted by atomic mass is 35.5. The van der Waals surface area contributed by atoms with Crippen molar-refractivity contribution in [1.29, 1.82) is 0 Å². The number of halogens is 1. The summed E-state index contributed by atoms with van der Waals surface area (Å²) in [6.45, 7) is 4.19. The van der Waals surface area contributed by atoms with Crippen LogP contribution in [0.5, 0.6) is 0 Å². The standard InChI is InChI=1S/C17H22ClNO3/c1-11(8-13-4-3-5-15(18)9-13)16(20)19-10-14(17(21)22)7-6-12(19)2/h3-5,9,11-12,14H,6-8,10H2,1-2H3,(H,21,22). The molecule has 3 unspecified atom stereocenters. The first-order valence-corrected chi connectivity index (χ1v) is 8.04. The Morgan fingerprint density at radius 1 is 1.41 bits per heavy atom. The van der Waals surface area contributed by atoms with Crippen molar-refractivity contribution < 1.29 is 14.7 Å². The first-order valence-electron chi connectivity index (χ1n) is 7.66. The van der Waals surface area contributed by atoms with E-state index in [0.29, 0.717) is 24.4 Å². The summed E-state index contributed by atoms with van der Waals surface area (Å²) >= 11 is 5.97. The van der Waals surface area contributed by atoms with E-state index >= 15 is 0 Å². The van der Waals surface area contributed by atoms with Gasteiger partial charge in [-0.15, -0.1) is 0 Å². The van der Waals surface area contributed by atoms with Gasteiger partial charge >= 0.3 is 5.97 Å². The summed E-state index contributed by atoms with van der Waals surface area (Å²) in [5, 5.41) is 9.84. The van der Waals surface area contributed by atoms with Gasteiger partial charge in [-0.2, -0.15) is 0 Å². The zero-order valence-corrected chi connectivity index (χ0v) is 13.7. The van der Waals surface area contributed by atoms with Crippen LogP contribution in [0.3, 0.4) is 0 Å². The summed E-state index contributed by atoms with van der Waals surface area (Å²) in [5.74, 6) is -1.42. The molecular weight excluding hydrogens is 302 g/mol. The average molecular weight is 324 g/mol. The Morgan fingerprint density at radius 3 is 2.77 bits per heavy atom. The summed E-state index contributed by atoms with van der Waals surface area (Å²) < 4.78 is 0. The second-order valence-electron chi connectivity index (χ2n) is 6.19. The van der Waals surface area contributed by atoms with E-state index in [4.69, 9.17) is 11.6 Å². The van der Waals surface area contributed by atoms with Crippen LogP contribution in [-0.2, 0) is 16.0 Å². The third kappa shape index (κ3) is 4.01. The van der Waals surface area contributed by atoms with Crippen molar-refractivity contribution in [2.24, 2.45) is 11.8 Å². The fraction of sp³-hybridized carbons (Fsp3) is 0.529. The molecule has 2 rings (SSSR count). The van der Waals surface area contributed by atoms with Crippen LogP contribution in [0.4, 0.5) is 0 Å². The number of piperidine rings is 1. The van der Waals surface area contributed by atoms with Crippen LogP contribution in [0.2, 0.25) is 5.02 Å². The number of benzene rings is 1. The van der Waals surface area contributed by atoms with Crippen LogP contribution in [0.25, 0.3) is 0 Å². The largest absolute Gasteiger partial charge is 0.481 e. The van der Waals surface area contributed by atoms with E-state index in [9.17, 15) is 14.7 Å². The Balaban J connectivity index is 2.03. The van der Waals surface area contributed by atoms with Gasteiger partial charge in [0, 0.05) is 23.5 Å². The SMILES string of the molecule is CC(Cc1cccc(Cl)c1)C(=O)N1CC(C(=O)O)CCC1C. The van der Waals surface area contributed by atoms with E-state index in [1.165, 1.54) is 0 Å². The Hall–Kier alpha value is -1.55. The molecule has 0 aromatic heterocycles. The molecule has 3 atom stereocenters. The molecule has 0 spiro atoms. The van der Waals surface area contributed by atoms with Crippen LogP contribution in [0, 0.1) is 11.8 Å². The summed E-state index contributed by atoms with van der Waals surface area (Å²) in [6.07, 6.45) is 2.00. The van der Waals surface area contributed by atoms with Gasteiger partial charge < -0.3 is 10.0 Å². The summed E-state index contributed by atoms with van der Waals surface area (Å²) in [4.78, 5) is 25.6. The number of carboxylic acid groups (broad SMARTS) is 1. The van der Waals surface area contributed by atoms with E-state index < -0.39 is 11.9 Å². The van der Waals surface area contributed by atoms with E-state index in [1.807, 2.05) is 38.1 Å². The average Bonchev–Trinajstić information content (AvgIpc) is 2.46. The van der Waals surface area contributed by atoms with E-state index in [0.717, 1.165) is 12.0 Å². The lowest BCUT2D eigenvalue weighted by Crippen LogP contribution is -2.49. The summed E-state index contributed by atoms with van der Waals surface area (Å²) in [7, 11) is 0. The normalized spacial score (nSPS) is 23.1. The Morgan fingerprint density at radius 2 is 2.14 bits per heavy atom. The third-order valence-corrected chi connectivity index (χ3v) is 4.60. The molecule has 1 heterocycles. The molecule has 1 N–H and O–H groups in total. The van der Waals surface area contributed by atoms with Crippen molar-refractivity contribution in [1.82, 2.24) is 4.90 Å². The minimum Gasteiger partial charge on any atom is -0.481 e. The van der Waals surface area contributed by atoms with Crippen LogP contribution in [0.1, 0.15) is 32.3 Å². The van der Waals surface area contributed by atoms with Crippen molar-refractivity contribution in [3.05, 3.63) is 34.9 Å². The highest BCUT2D eigenvalue weighted by molar-refractivity contribution is 6.30. The highest BCUT2D eigenvalue weighted by Crippen LogP contribution is 2.25. The van der Waals surface area contributed by atoms with Gasteiger partial charge in [0.2, 0.25) is 5.91 Å². The zero-order valence-electron chi connectivity index (χ0n) is 13.0. The summed E-state index contributed by atoms with van der Waals surface area (Å²) in [6, 6.07) is 7.60. The van der Waals surface area contributed by atoms with Crippen LogP contribution in [0.15, 0.2) is 24.3 Å². The number of likely N-dealkylation sites (tertiary alicyclic amines) is 1. The molecule has 1 aromatic carbocycles. The number of hydrogen-bond acceptors (Lipinski definition) is 2. The number of hydrogen-bond donors (Lipinski definition) is 1. The molecule has 5 heteroatoms. The molecule has 22 heavy (non-hydrogen) atoms. The second kappa shape index (κ2) is 7.14. The summed E-state index contributed by atoms with van der Waals surface area (Å²) in [5.41, 5.74) is 1.02. The van der Waals surface area contributed by atoms with Gasteiger partial charge in [-0.1, -0.05) is 30.7 Å². The van der Waals surface area contributed by atoms with Crippen molar-refractivity contribution in [3.8, 4) is 0 Å². The first kappa shape index (κ1) is 16.8. The molecule has 1 fully saturated rings. The molecule has 1 amide bonds.